The predicted octanol–water partition coefficient (Wildman–Crippen LogP) is 2.84. The maximum atomic E-state index is 12.0. The van der Waals surface area contributed by atoms with Gasteiger partial charge in [-0.15, -0.1) is 11.3 Å². The van der Waals surface area contributed by atoms with Gasteiger partial charge in [0.05, 0.1) is 10.9 Å². The first-order chi connectivity index (χ1) is 9.00. The first-order valence-electron chi connectivity index (χ1n) is 6.52. The number of nitriles is 1. The van der Waals surface area contributed by atoms with Crippen LogP contribution in [0.2, 0.25) is 0 Å². The first kappa shape index (κ1) is 12.5. The minimum atomic E-state index is -0.297. The van der Waals surface area contributed by atoms with Gasteiger partial charge in [0, 0.05) is 25.5 Å². The fourth-order valence-electron chi connectivity index (χ4n) is 2.90. The molecule has 1 amide bonds. The number of nitrogens with zero attached hydrogens (tertiary/aromatic N) is 2. The van der Waals surface area contributed by atoms with Crippen molar-refractivity contribution in [1.82, 2.24) is 4.90 Å². The maximum absolute atomic E-state index is 12.0. The van der Waals surface area contributed by atoms with Gasteiger partial charge in [0.1, 0.15) is 22.3 Å². The van der Waals surface area contributed by atoms with Crippen LogP contribution >= 0.6 is 11.3 Å². The average Bonchev–Trinajstić information content (AvgIpc) is 2.92. The van der Waals surface area contributed by atoms with E-state index in [2.05, 4.69) is 6.07 Å². The fraction of sp³-hybridized carbons (Fsp3) is 0.571. The summed E-state index contributed by atoms with van der Waals surface area (Å²) in [7, 11) is 0. The molecule has 0 bridgehead atoms. The van der Waals surface area contributed by atoms with Crippen molar-refractivity contribution in [3.63, 3.8) is 0 Å². The molecule has 2 aliphatic heterocycles. The van der Waals surface area contributed by atoms with Gasteiger partial charge >= 0.3 is 0 Å². The summed E-state index contributed by atoms with van der Waals surface area (Å²) >= 11 is 1.45. The van der Waals surface area contributed by atoms with Crippen LogP contribution in [0.1, 0.15) is 48.9 Å². The van der Waals surface area contributed by atoms with Gasteiger partial charge < -0.3 is 9.64 Å². The summed E-state index contributed by atoms with van der Waals surface area (Å²) in [5.74, 6) is 1.00. The average molecular weight is 276 g/mol. The number of rotatable bonds is 1. The number of thiophene rings is 1. The summed E-state index contributed by atoms with van der Waals surface area (Å²) in [6.07, 6.45) is 2.36. The van der Waals surface area contributed by atoms with Crippen LogP contribution in [0.5, 0.6) is 5.75 Å². The predicted molar refractivity (Wildman–Crippen MR) is 72.0 cm³/mol. The highest BCUT2D eigenvalue weighted by Crippen LogP contribution is 2.47. The molecule has 5 heteroatoms. The van der Waals surface area contributed by atoms with E-state index in [1.807, 2.05) is 18.7 Å². The van der Waals surface area contributed by atoms with E-state index in [0.29, 0.717) is 11.3 Å². The zero-order valence-electron chi connectivity index (χ0n) is 11.1. The molecule has 0 aromatic carbocycles. The van der Waals surface area contributed by atoms with Crippen LogP contribution in [0, 0.1) is 11.3 Å². The van der Waals surface area contributed by atoms with Crippen LogP contribution in [0.4, 0.5) is 0 Å². The van der Waals surface area contributed by atoms with Crippen LogP contribution in [0.15, 0.2) is 6.07 Å². The molecule has 3 rings (SSSR count). The second kappa shape index (κ2) is 4.24. The van der Waals surface area contributed by atoms with Gasteiger partial charge in [-0.2, -0.15) is 5.26 Å². The molecule has 3 heterocycles. The van der Waals surface area contributed by atoms with Crippen molar-refractivity contribution in [2.75, 3.05) is 6.54 Å². The molecule has 1 saturated heterocycles. The molecular formula is C14H16N2O2S. The molecule has 1 unspecified atom stereocenters. The number of ether oxygens (including phenoxy) is 1. The third kappa shape index (κ3) is 2.10. The topological polar surface area (TPSA) is 53.3 Å². The minimum absolute atomic E-state index is 0.0702. The largest absolute Gasteiger partial charge is 0.486 e. The van der Waals surface area contributed by atoms with Crippen molar-refractivity contribution >= 4 is 17.2 Å². The van der Waals surface area contributed by atoms with E-state index in [1.54, 1.807) is 6.07 Å². The lowest BCUT2D eigenvalue weighted by Crippen LogP contribution is -2.41. The van der Waals surface area contributed by atoms with Gasteiger partial charge in [-0.25, -0.2) is 0 Å². The van der Waals surface area contributed by atoms with E-state index in [0.717, 1.165) is 30.0 Å². The Morgan fingerprint density at radius 2 is 2.37 bits per heavy atom. The van der Waals surface area contributed by atoms with Crippen LogP contribution in [-0.2, 0) is 4.79 Å². The molecule has 19 heavy (non-hydrogen) atoms. The zero-order chi connectivity index (χ0) is 13.6. The van der Waals surface area contributed by atoms with E-state index in [9.17, 15) is 4.79 Å². The van der Waals surface area contributed by atoms with Crippen molar-refractivity contribution in [2.24, 2.45) is 0 Å². The van der Waals surface area contributed by atoms with Crippen LogP contribution in [-0.4, -0.2) is 23.0 Å². The smallest absolute Gasteiger partial charge is 0.223 e. The van der Waals surface area contributed by atoms with Gasteiger partial charge in [0.2, 0.25) is 5.91 Å². The number of amides is 1. The second-order valence-electron chi connectivity index (χ2n) is 5.72. The maximum Gasteiger partial charge on any atom is 0.223 e. The Hall–Kier alpha value is -1.54. The molecule has 100 valence electrons. The van der Waals surface area contributed by atoms with Crippen molar-refractivity contribution in [1.29, 1.82) is 5.26 Å². The van der Waals surface area contributed by atoms with E-state index >= 15 is 0 Å². The molecule has 2 aliphatic rings. The van der Waals surface area contributed by atoms with Crippen molar-refractivity contribution in [2.45, 2.75) is 44.8 Å². The highest BCUT2D eigenvalue weighted by atomic mass is 32.1. The molecule has 0 radical (unpaired) electrons. The molecule has 0 aliphatic carbocycles. The second-order valence-corrected chi connectivity index (χ2v) is 6.81. The quantitative estimate of drug-likeness (QED) is 0.792. The molecule has 0 N–H and O–H groups in total. The van der Waals surface area contributed by atoms with Gasteiger partial charge in [-0.3, -0.25) is 4.79 Å². The lowest BCUT2D eigenvalue weighted by Gasteiger charge is -2.39. The van der Waals surface area contributed by atoms with Gasteiger partial charge in [-0.05, 0) is 20.3 Å². The van der Waals surface area contributed by atoms with Crippen molar-refractivity contribution in [3.8, 4) is 11.8 Å². The summed E-state index contributed by atoms with van der Waals surface area (Å²) in [6, 6.07) is 4.04. The summed E-state index contributed by atoms with van der Waals surface area (Å²) in [5, 5.41) is 9.04. The number of hydrogen-bond acceptors (Lipinski definition) is 4. The Bertz CT molecular complexity index is 570. The summed E-state index contributed by atoms with van der Waals surface area (Å²) in [5.41, 5.74) is -0.297. The molecule has 1 aromatic rings. The van der Waals surface area contributed by atoms with Gasteiger partial charge in [0.25, 0.3) is 0 Å². The highest BCUT2D eigenvalue weighted by molar-refractivity contribution is 7.13. The number of hydrogen-bond donors (Lipinski definition) is 0. The SMILES string of the molecule is CC1(C)CC(N2CCCC2=O)c2sc(C#N)cc2O1. The normalized spacial score (nSPS) is 24.8. The van der Waals surface area contributed by atoms with Crippen LogP contribution < -0.4 is 4.74 Å². The number of carbonyl (C=O) groups is 1. The molecule has 0 saturated carbocycles. The molecule has 4 nitrogen and oxygen atoms in total. The van der Waals surface area contributed by atoms with Gasteiger partial charge in [-0.1, -0.05) is 0 Å². The summed E-state index contributed by atoms with van der Waals surface area (Å²) < 4.78 is 5.95. The Kier molecular flexibility index (Phi) is 2.79. The first-order valence-corrected chi connectivity index (χ1v) is 7.34. The monoisotopic (exact) mass is 276 g/mol. The molecule has 1 aromatic heterocycles. The molecule has 0 spiro atoms. The van der Waals surface area contributed by atoms with E-state index in [-0.39, 0.29) is 17.6 Å². The number of fused-ring (bicyclic) bond motifs is 1. The van der Waals surface area contributed by atoms with Crippen molar-refractivity contribution in [3.05, 3.63) is 15.8 Å². The molecule has 1 atom stereocenters. The van der Waals surface area contributed by atoms with Crippen LogP contribution in [0.3, 0.4) is 0 Å². The lowest BCUT2D eigenvalue weighted by molar-refractivity contribution is -0.131. The third-order valence-corrected chi connectivity index (χ3v) is 4.82. The van der Waals surface area contributed by atoms with Crippen LogP contribution in [0.25, 0.3) is 0 Å². The minimum Gasteiger partial charge on any atom is -0.486 e. The summed E-state index contributed by atoms with van der Waals surface area (Å²) in [4.78, 5) is 15.6. The Morgan fingerprint density at radius 3 is 3.00 bits per heavy atom. The number of carbonyl (C=O) groups excluding carboxylic acids is 1. The Balaban J connectivity index is 2.02. The number of likely N-dealkylation sites (tertiary alicyclic amines) is 1. The third-order valence-electron chi connectivity index (χ3n) is 3.70. The van der Waals surface area contributed by atoms with E-state index < -0.39 is 0 Å². The van der Waals surface area contributed by atoms with Crippen molar-refractivity contribution < 1.29 is 9.53 Å². The Morgan fingerprint density at radius 1 is 1.58 bits per heavy atom. The fourth-order valence-corrected chi connectivity index (χ4v) is 3.90. The van der Waals surface area contributed by atoms with Gasteiger partial charge in [0.15, 0.2) is 0 Å². The highest BCUT2D eigenvalue weighted by Gasteiger charge is 2.41. The zero-order valence-corrected chi connectivity index (χ0v) is 11.9. The molecular weight excluding hydrogens is 260 g/mol. The van der Waals surface area contributed by atoms with E-state index in [4.69, 9.17) is 10.00 Å². The van der Waals surface area contributed by atoms with E-state index in [1.165, 1.54) is 11.3 Å². The lowest BCUT2D eigenvalue weighted by atomic mass is 9.93. The standard InChI is InChI=1S/C14H16N2O2S/c1-14(2)7-10(16-5-3-4-12(16)17)13-11(18-14)6-9(8-15)19-13/h6,10H,3-5,7H2,1-2H3. The Labute approximate surface area is 116 Å². The molecule has 1 fully saturated rings. The summed E-state index contributed by atoms with van der Waals surface area (Å²) in [6.45, 7) is 4.89.